The molecule has 0 aliphatic carbocycles. The predicted octanol–water partition coefficient (Wildman–Crippen LogP) is 1.43. The summed E-state index contributed by atoms with van der Waals surface area (Å²) >= 11 is 1.25. The number of anilines is 1. The van der Waals surface area contributed by atoms with Gasteiger partial charge in [-0.3, -0.25) is 4.79 Å². The summed E-state index contributed by atoms with van der Waals surface area (Å²) < 4.78 is 5.21. The van der Waals surface area contributed by atoms with Crippen LogP contribution in [0.2, 0.25) is 0 Å². The number of carboxylic acid groups (broad SMARTS) is 1. The number of amides is 1. The quantitative estimate of drug-likeness (QED) is 0.631. The van der Waals surface area contributed by atoms with Gasteiger partial charge in [-0.15, -0.1) is 11.3 Å². The third-order valence-corrected chi connectivity index (χ3v) is 3.78. The number of hydrogen-bond acceptors (Lipinski definition) is 6. The Morgan fingerprint density at radius 3 is 2.45 bits per heavy atom. The average Bonchev–Trinajstić information content (AvgIpc) is 2.71. The van der Waals surface area contributed by atoms with Crippen molar-refractivity contribution in [2.75, 3.05) is 5.32 Å². The van der Waals surface area contributed by atoms with Gasteiger partial charge in [-0.25, -0.2) is 4.79 Å². The van der Waals surface area contributed by atoms with E-state index < -0.39 is 17.8 Å². The first-order valence-electron chi connectivity index (χ1n) is 6.79. The molecule has 22 heavy (non-hydrogen) atoms. The molecule has 0 saturated carbocycles. The lowest BCUT2D eigenvalue weighted by Gasteiger charge is -2.10. The van der Waals surface area contributed by atoms with Crippen LogP contribution in [-0.2, 0) is 20.7 Å². The summed E-state index contributed by atoms with van der Waals surface area (Å²) in [6.45, 7) is 7.23. The molecule has 0 atom stereocenters. The Labute approximate surface area is 132 Å². The van der Waals surface area contributed by atoms with E-state index in [0.29, 0.717) is 23.1 Å². The van der Waals surface area contributed by atoms with E-state index in [1.54, 1.807) is 13.8 Å². The Bertz CT molecular complexity index is 616. The van der Waals surface area contributed by atoms with Gasteiger partial charge in [0.25, 0.3) is 0 Å². The zero-order valence-electron chi connectivity index (χ0n) is 12.9. The highest BCUT2D eigenvalue weighted by Gasteiger charge is 2.23. The van der Waals surface area contributed by atoms with E-state index >= 15 is 0 Å². The second-order valence-electron chi connectivity index (χ2n) is 4.79. The average molecular weight is 324 g/mol. The topological polar surface area (TPSA) is 95.5 Å². The van der Waals surface area contributed by atoms with Crippen LogP contribution < -0.4 is 10.4 Å². The lowest BCUT2D eigenvalue weighted by atomic mass is 10.1. The van der Waals surface area contributed by atoms with Gasteiger partial charge < -0.3 is 20.0 Å². The number of aryl methyl sites for hydroxylation is 1. The van der Waals surface area contributed by atoms with Crippen molar-refractivity contribution in [3.8, 4) is 0 Å². The van der Waals surface area contributed by atoms with Gasteiger partial charge >= 0.3 is 5.97 Å². The van der Waals surface area contributed by atoms with Crippen LogP contribution in [-0.4, -0.2) is 23.9 Å². The number of aliphatic carboxylic acids is 1. The van der Waals surface area contributed by atoms with Gasteiger partial charge in [0.05, 0.1) is 17.6 Å². The maximum atomic E-state index is 12.2. The normalized spacial score (nSPS) is 11.0. The van der Waals surface area contributed by atoms with Crippen LogP contribution >= 0.6 is 11.3 Å². The fourth-order valence-corrected chi connectivity index (χ4v) is 3.01. The molecule has 1 amide bonds. The number of hydrogen-bond donors (Lipinski definition) is 1. The third-order valence-electron chi connectivity index (χ3n) is 2.72. The van der Waals surface area contributed by atoms with Gasteiger partial charge in [-0.2, -0.15) is 0 Å². The monoisotopic (exact) mass is 324 g/mol. The zero-order chi connectivity index (χ0) is 16.9. The minimum atomic E-state index is -1.47. The number of carboxylic acids is 1. The summed E-state index contributed by atoms with van der Waals surface area (Å²) in [4.78, 5) is 35.1. The second kappa shape index (κ2) is 7.74. The van der Waals surface area contributed by atoms with Crippen molar-refractivity contribution in [1.29, 1.82) is 0 Å². The van der Waals surface area contributed by atoms with Gasteiger partial charge in [0.15, 0.2) is 0 Å². The first kappa shape index (κ1) is 17.9. The van der Waals surface area contributed by atoms with Crippen molar-refractivity contribution in [1.82, 2.24) is 0 Å². The molecule has 120 valence electrons. The lowest BCUT2D eigenvalue weighted by molar-refractivity contribution is -0.297. The fourth-order valence-electron chi connectivity index (χ4n) is 1.88. The fraction of sp³-hybridized carbons (Fsp3) is 0.400. The summed E-state index contributed by atoms with van der Waals surface area (Å²) in [5.41, 5.74) is 1.14. The molecular formula is C15H18NO5S-. The van der Waals surface area contributed by atoms with Gasteiger partial charge in [0.2, 0.25) is 5.91 Å². The molecule has 0 fully saturated rings. The molecular weight excluding hydrogens is 306 g/mol. The Morgan fingerprint density at radius 1 is 1.32 bits per heavy atom. The van der Waals surface area contributed by atoms with Gasteiger partial charge in [0.1, 0.15) is 5.00 Å². The van der Waals surface area contributed by atoms with Crippen molar-refractivity contribution in [3.05, 3.63) is 28.2 Å². The lowest BCUT2D eigenvalue weighted by Crippen LogP contribution is -2.20. The standard InChI is InChI=1S/C15H19NO5S/c1-5-10-9(4)22-14(13(10)15(20)21-8(2)3)16-11(17)6-7-12(18)19/h6-8H,5H2,1-4H3,(H,16,17)(H,18,19)/p-1. The molecule has 0 aliphatic heterocycles. The van der Waals surface area contributed by atoms with E-state index in [4.69, 9.17) is 4.74 Å². The van der Waals surface area contributed by atoms with Crippen LogP contribution in [0.4, 0.5) is 5.00 Å². The molecule has 1 aromatic rings. The molecule has 0 spiro atoms. The number of carbonyl (C=O) groups excluding carboxylic acids is 3. The number of rotatable bonds is 6. The predicted molar refractivity (Wildman–Crippen MR) is 81.8 cm³/mol. The van der Waals surface area contributed by atoms with Crippen molar-refractivity contribution >= 4 is 34.2 Å². The van der Waals surface area contributed by atoms with Crippen LogP contribution in [0.25, 0.3) is 0 Å². The Balaban J connectivity index is 3.11. The van der Waals surface area contributed by atoms with Gasteiger partial charge in [-0.1, -0.05) is 6.92 Å². The molecule has 0 radical (unpaired) electrons. The van der Waals surface area contributed by atoms with Gasteiger partial charge in [-0.05, 0) is 38.8 Å². The number of ether oxygens (including phenoxy) is 1. The highest BCUT2D eigenvalue weighted by molar-refractivity contribution is 7.16. The SMILES string of the molecule is CCc1c(C)sc(NC(=O)C=CC(=O)[O-])c1C(=O)OC(C)C. The highest BCUT2D eigenvalue weighted by Crippen LogP contribution is 2.34. The van der Waals surface area contributed by atoms with E-state index in [0.717, 1.165) is 16.5 Å². The van der Waals surface area contributed by atoms with Crippen molar-refractivity contribution in [3.63, 3.8) is 0 Å². The minimum absolute atomic E-state index is 0.279. The van der Waals surface area contributed by atoms with Crippen LogP contribution in [0.5, 0.6) is 0 Å². The van der Waals surface area contributed by atoms with Crippen LogP contribution in [0, 0.1) is 6.92 Å². The number of thiophene rings is 1. The maximum absolute atomic E-state index is 12.2. The number of esters is 1. The zero-order valence-corrected chi connectivity index (χ0v) is 13.7. The van der Waals surface area contributed by atoms with Crippen molar-refractivity contribution < 1.29 is 24.2 Å². The number of nitrogens with one attached hydrogen (secondary N) is 1. The number of carbonyl (C=O) groups is 3. The van der Waals surface area contributed by atoms with E-state index in [9.17, 15) is 19.5 Å². The molecule has 0 bridgehead atoms. The summed E-state index contributed by atoms with van der Waals surface area (Å²) in [5.74, 6) is -2.62. The molecule has 6 nitrogen and oxygen atoms in total. The summed E-state index contributed by atoms with van der Waals surface area (Å²) in [6, 6.07) is 0. The summed E-state index contributed by atoms with van der Waals surface area (Å²) in [6.07, 6.45) is 1.81. The molecule has 0 saturated heterocycles. The smallest absolute Gasteiger partial charge is 0.341 e. The van der Waals surface area contributed by atoms with Crippen LogP contribution in [0.3, 0.4) is 0 Å². The molecule has 7 heteroatoms. The van der Waals surface area contributed by atoms with Crippen LogP contribution in [0.1, 0.15) is 41.6 Å². The van der Waals surface area contributed by atoms with E-state index in [1.165, 1.54) is 11.3 Å². The first-order chi connectivity index (χ1) is 10.3. The molecule has 0 aromatic carbocycles. The van der Waals surface area contributed by atoms with E-state index in [-0.39, 0.29) is 6.10 Å². The highest BCUT2D eigenvalue weighted by atomic mass is 32.1. The summed E-state index contributed by atoms with van der Waals surface area (Å²) in [7, 11) is 0. The van der Waals surface area contributed by atoms with E-state index in [1.807, 2.05) is 13.8 Å². The first-order valence-corrected chi connectivity index (χ1v) is 7.61. The summed E-state index contributed by atoms with van der Waals surface area (Å²) in [5, 5.41) is 13.2. The van der Waals surface area contributed by atoms with Crippen molar-refractivity contribution in [2.45, 2.75) is 40.2 Å². The molecule has 1 heterocycles. The maximum Gasteiger partial charge on any atom is 0.341 e. The minimum Gasteiger partial charge on any atom is -0.545 e. The van der Waals surface area contributed by atoms with E-state index in [2.05, 4.69) is 5.32 Å². The second-order valence-corrected chi connectivity index (χ2v) is 6.01. The molecule has 0 aliphatic rings. The van der Waals surface area contributed by atoms with Crippen molar-refractivity contribution in [2.24, 2.45) is 0 Å². The molecule has 1 aromatic heterocycles. The largest absolute Gasteiger partial charge is 0.545 e. The Morgan fingerprint density at radius 2 is 1.95 bits per heavy atom. The van der Waals surface area contributed by atoms with Gasteiger partial charge in [0, 0.05) is 11.0 Å². The van der Waals surface area contributed by atoms with Crippen LogP contribution in [0.15, 0.2) is 12.2 Å². The Kier molecular flexibility index (Phi) is 6.30. The third kappa shape index (κ3) is 4.70. The molecule has 0 unspecified atom stereocenters. The molecule has 1 N–H and O–H groups in total. The Hall–Kier alpha value is -2.15. The molecule has 1 rings (SSSR count).